The molecule has 0 amide bonds. The Kier molecular flexibility index (Phi) is 4.20. The average molecular weight is 396 g/mol. The van der Waals surface area contributed by atoms with Crippen LogP contribution < -0.4 is 14.9 Å². The number of rotatable bonds is 4. The Morgan fingerprint density at radius 2 is 1.75 bits per heavy atom. The molecule has 4 rings (SSSR count). The molecule has 0 bridgehead atoms. The molecule has 1 aromatic heterocycles. The summed E-state index contributed by atoms with van der Waals surface area (Å²) in [5.41, 5.74) is 0.756. The van der Waals surface area contributed by atoms with Gasteiger partial charge in [-0.25, -0.2) is 8.42 Å². The maximum Gasteiger partial charge on any atom is 0.261 e. The number of phenols is 1. The molecule has 3 aromatic carbocycles. The predicted octanol–water partition coefficient (Wildman–Crippen LogP) is 3.20. The number of nitrogens with one attached hydrogen (secondary N) is 2. The van der Waals surface area contributed by atoms with Gasteiger partial charge in [-0.05, 0) is 48.5 Å². The van der Waals surface area contributed by atoms with E-state index < -0.39 is 10.0 Å². The highest BCUT2D eigenvalue weighted by Gasteiger charge is 2.18. The Hall–Kier alpha value is -3.52. The molecule has 4 aromatic rings. The first-order valence-corrected chi connectivity index (χ1v) is 9.82. The van der Waals surface area contributed by atoms with Crippen molar-refractivity contribution in [1.29, 1.82) is 0 Å². The molecule has 7 nitrogen and oxygen atoms in total. The molecule has 8 heteroatoms. The van der Waals surface area contributed by atoms with Gasteiger partial charge >= 0.3 is 0 Å². The smallest absolute Gasteiger partial charge is 0.261 e. The Labute approximate surface area is 160 Å². The summed E-state index contributed by atoms with van der Waals surface area (Å²) in [7, 11) is -2.41. The van der Waals surface area contributed by atoms with Gasteiger partial charge in [-0.15, -0.1) is 0 Å². The number of methoxy groups -OCH3 is 1. The van der Waals surface area contributed by atoms with Crippen LogP contribution in [0.4, 0.5) is 5.69 Å². The van der Waals surface area contributed by atoms with Gasteiger partial charge in [0.2, 0.25) is 0 Å². The summed E-state index contributed by atoms with van der Waals surface area (Å²) in [4.78, 5) is 16.1. The number of fused-ring (bicyclic) bond motifs is 2. The van der Waals surface area contributed by atoms with Crippen LogP contribution in [-0.4, -0.2) is 25.6 Å². The number of aromatic hydroxyl groups is 1. The number of hydrogen-bond acceptors (Lipinski definition) is 5. The van der Waals surface area contributed by atoms with Gasteiger partial charge in [-0.3, -0.25) is 9.52 Å². The standard InChI is InChI=1S/C20H16N2O5S/c1-27-13-6-8-14(9-7-13)28(25,26)22-17-4-2-3-16-19(17)20(24)15-10-5-12(23)11-18(15)21-16/h2-11,22-23H,1H3,(H,21,24). The minimum Gasteiger partial charge on any atom is -0.508 e. The topological polar surface area (TPSA) is 108 Å². The van der Waals surface area contributed by atoms with E-state index in [0.717, 1.165) is 0 Å². The molecular formula is C20H16N2O5S. The van der Waals surface area contributed by atoms with Crippen molar-refractivity contribution in [3.8, 4) is 11.5 Å². The van der Waals surface area contributed by atoms with E-state index in [2.05, 4.69) is 9.71 Å². The maximum absolute atomic E-state index is 13.0. The van der Waals surface area contributed by atoms with E-state index in [0.29, 0.717) is 22.2 Å². The number of benzene rings is 3. The number of ether oxygens (including phenoxy) is 1. The van der Waals surface area contributed by atoms with Crippen LogP contribution in [0.15, 0.2) is 70.4 Å². The minimum absolute atomic E-state index is 0.0267. The number of aromatic nitrogens is 1. The largest absolute Gasteiger partial charge is 0.508 e. The number of sulfonamides is 1. The molecule has 0 fully saturated rings. The molecule has 28 heavy (non-hydrogen) atoms. The summed E-state index contributed by atoms with van der Waals surface area (Å²) in [6.07, 6.45) is 0. The highest BCUT2D eigenvalue weighted by molar-refractivity contribution is 7.92. The van der Waals surface area contributed by atoms with E-state index in [4.69, 9.17) is 4.74 Å². The third kappa shape index (κ3) is 3.03. The SMILES string of the molecule is COc1ccc(S(=O)(=O)Nc2cccc3[nH]c4cc(O)ccc4c(=O)c23)cc1. The van der Waals surface area contributed by atoms with Crippen molar-refractivity contribution in [2.45, 2.75) is 4.90 Å². The highest BCUT2D eigenvalue weighted by atomic mass is 32.2. The van der Waals surface area contributed by atoms with Crippen molar-refractivity contribution >= 4 is 37.5 Å². The lowest BCUT2D eigenvalue weighted by atomic mass is 10.1. The van der Waals surface area contributed by atoms with Crippen LogP contribution in [0.3, 0.4) is 0 Å². The third-order valence-corrected chi connectivity index (χ3v) is 5.80. The van der Waals surface area contributed by atoms with Gasteiger partial charge in [0.05, 0.1) is 34.1 Å². The maximum atomic E-state index is 13.0. The summed E-state index contributed by atoms with van der Waals surface area (Å²) >= 11 is 0. The highest BCUT2D eigenvalue weighted by Crippen LogP contribution is 2.26. The second-order valence-corrected chi connectivity index (χ2v) is 7.88. The average Bonchev–Trinajstić information content (AvgIpc) is 2.67. The summed E-state index contributed by atoms with van der Waals surface area (Å²) in [5.74, 6) is 0.564. The quantitative estimate of drug-likeness (QED) is 0.459. The summed E-state index contributed by atoms with van der Waals surface area (Å²) in [6.45, 7) is 0. The summed E-state index contributed by atoms with van der Waals surface area (Å²) in [5, 5.41) is 10.2. The number of hydrogen-bond donors (Lipinski definition) is 3. The van der Waals surface area contributed by atoms with Crippen LogP contribution in [0.2, 0.25) is 0 Å². The molecule has 142 valence electrons. The fraction of sp³-hybridized carbons (Fsp3) is 0.0500. The van der Waals surface area contributed by atoms with E-state index >= 15 is 0 Å². The van der Waals surface area contributed by atoms with Crippen molar-refractivity contribution in [3.63, 3.8) is 0 Å². The van der Waals surface area contributed by atoms with Crippen molar-refractivity contribution in [2.24, 2.45) is 0 Å². The van der Waals surface area contributed by atoms with Crippen LogP contribution in [0.5, 0.6) is 11.5 Å². The Bertz CT molecular complexity index is 1360. The Balaban J connectivity index is 1.86. The summed E-state index contributed by atoms with van der Waals surface area (Å²) < 4.78 is 33.1. The zero-order chi connectivity index (χ0) is 19.9. The van der Waals surface area contributed by atoms with Gasteiger partial charge in [-0.1, -0.05) is 6.07 Å². The van der Waals surface area contributed by atoms with Gasteiger partial charge in [-0.2, -0.15) is 0 Å². The lowest BCUT2D eigenvalue weighted by Crippen LogP contribution is -2.15. The first kappa shape index (κ1) is 17.9. The number of pyridine rings is 1. The molecule has 0 aliphatic heterocycles. The zero-order valence-corrected chi connectivity index (χ0v) is 15.6. The lowest BCUT2D eigenvalue weighted by Gasteiger charge is -2.12. The van der Waals surface area contributed by atoms with Gasteiger partial charge < -0.3 is 14.8 Å². The first-order valence-electron chi connectivity index (χ1n) is 8.34. The molecule has 0 saturated carbocycles. The predicted molar refractivity (Wildman–Crippen MR) is 108 cm³/mol. The minimum atomic E-state index is -3.90. The van der Waals surface area contributed by atoms with Crippen LogP contribution in [0.25, 0.3) is 21.8 Å². The molecule has 3 N–H and O–H groups in total. The molecule has 0 radical (unpaired) electrons. The first-order chi connectivity index (χ1) is 13.4. The van der Waals surface area contributed by atoms with Crippen LogP contribution in [0.1, 0.15) is 0 Å². The molecule has 0 unspecified atom stereocenters. The van der Waals surface area contributed by atoms with E-state index in [1.165, 1.54) is 43.5 Å². The lowest BCUT2D eigenvalue weighted by molar-refractivity contribution is 0.414. The second-order valence-electron chi connectivity index (χ2n) is 6.19. The van der Waals surface area contributed by atoms with Crippen molar-refractivity contribution < 1.29 is 18.3 Å². The van der Waals surface area contributed by atoms with E-state index in [1.807, 2.05) is 0 Å². The number of phenolic OH excluding ortho intramolecular Hbond substituents is 1. The number of aromatic amines is 1. The molecule has 0 aliphatic rings. The van der Waals surface area contributed by atoms with E-state index in [1.54, 1.807) is 24.3 Å². The van der Waals surface area contributed by atoms with Crippen LogP contribution in [0, 0.1) is 0 Å². The Morgan fingerprint density at radius 3 is 2.46 bits per heavy atom. The fourth-order valence-electron chi connectivity index (χ4n) is 3.06. The van der Waals surface area contributed by atoms with Crippen molar-refractivity contribution in [2.75, 3.05) is 11.8 Å². The molecule has 0 spiro atoms. The number of H-pyrrole nitrogens is 1. The van der Waals surface area contributed by atoms with Crippen LogP contribution in [-0.2, 0) is 10.0 Å². The van der Waals surface area contributed by atoms with Gasteiger partial charge in [0.15, 0.2) is 5.43 Å². The van der Waals surface area contributed by atoms with Crippen molar-refractivity contribution in [1.82, 2.24) is 4.98 Å². The Morgan fingerprint density at radius 1 is 1.00 bits per heavy atom. The van der Waals surface area contributed by atoms with Gasteiger partial charge in [0, 0.05) is 11.5 Å². The van der Waals surface area contributed by atoms with E-state index in [9.17, 15) is 18.3 Å². The molecular weight excluding hydrogens is 380 g/mol. The molecule has 1 heterocycles. The molecule has 0 atom stereocenters. The van der Waals surface area contributed by atoms with Gasteiger partial charge in [0.1, 0.15) is 11.5 Å². The fourth-order valence-corrected chi connectivity index (χ4v) is 4.13. The third-order valence-electron chi connectivity index (χ3n) is 4.42. The molecule has 0 saturated heterocycles. The molecule has 0 aliphatic carbocycles. The monoisotopic (exact) mass is 396 g/mol. The zero-order valence-electron chi connectivity index (χ0n) is 14.8. The van der Waals surface area contributed by atoms with E-state index in [-0.39, 0.29) is 27.1 Å². The van der Waals surface area contributed by atoms with Crippen LogP contribution >= 0.6 is 0 Å². The normalized spacial score (nSPS) is 11.6. The van der Waals surface area contributed by atoms with Gasteiger partial charge in [0.25, 0.3) is 10.0 Å². The number of anilines is 1. The van der Waals surface area contributed by atoms with Crippen molar-refractivity contribution in [3.05, 3.63) is 70.9 Å². The summed E-state index contributed by atoms with van der Waals surface area (Å²) in [6, 6.07) is 15.1. The second kappa shape index (κ2) is 6.58.